The summed E-state index contributed by atoms with van der Waals surface area (Å²) in [5.41, 5.74) is 0.0263. The summed E-state index contributed by atoms with van der Waals surface area (Å²) in [4.78, 5) is 23.3. The van der Waals surface area contributed by atoms with Crippen LogP contribution in [-0.4, -0.2) is 17.0 Å². The number of halogens is 2. The van der Waals surface area contributed by atoms with Crippen LogP contribution in [0.3, 0.4) is 0 Å². The molecule has 0 radical (unpaired) electrons. The molecule has 2 fully saturated rings. The Balaban J connectivity index is 1.70. The Hall–Kier alpha value is -1.98. The maximum Gasteiger partial charge on any atom is 0.330 e. The molecule has 0 heterocycles. The van der Waals surface area contributed by atoms with E-state index in [1.54, 1.807) is 0 Å². The van der Waals surface area contributed by atoms with Crippen molar-refractivity contribution in [3.8, 4) is 0 Å². The van der Waals surface area contributed by atoms with Crippen molar-refractivity contribution < 1.29 is 23.5 Å². The van der Waals surface area contributed by atoms with Crippen molar-refractivity contribution in [2.75, 3.05) is 0 Å². The minimum Gasteiger partial charge on any atom is -0.479 e. The van der Waals surface area contributed by atoms with Crippen LogP contribution in [0.1, 0.15) is 30.9 Å². The summed E-state index contributed by atoms with van der Waals surface area (Å²) in [6.45, 7) is 0. The Morgan fingerprint density at radius 3 is 2.52 bits per heavy atom. The van der Waals surface area contributed by atoms with Crippen LogP contribution < -0.4 is 5.32 Å². The lowest BCUT2D eigenvalue weighted by Crippen LogP contribution is -2.35. The Kier molecular flexibility index (Phi) is 3.39. The van der Waals surface area contributed by atoms with E-state index in [4.69, 9.17) is 0 Å². The van der Waals surface area contributed by atoms with Crippen LogP contribution in [0.4, 0.5) is 8.78 Å². The zero-order valence-electron chi connectivity index (χ0n) is 11.2. The molecule has 2 aliphatic carbocycles. The number of aliphatic carboxylic acids is 1. The first-order valence-electron chi connectivity index (χ1n) is 6.95. The molecule has 6 heteroatoms. The minimum atomic E-state index is -1.35. The van der Waals surface area contributed by atoms with Crippen molar-refractivity contribution in [1.82, 2.24) is 5.32 Å². The molecule has 0 bridgehead atoms. The summed E-state index contributed by atoms with van der Waals surface area (Å²) < 4.78 is 26.1. The summed E-state index contributed by atoms with van der Waals surface area (Å²) in [5, 5.41) is 11.6. The second-order valence-electron chi connectivity index (χ2n) is 5.80. The first kappa shape index (κ1) is 14.0. The Labute approximate surface area is 120 Å². The molecule has 0 aliphatic heterocycles. The fourth-order valence-electron chi connectivity index (χ4n) is 2.79. The van der Waals surface area contributed by atoms with Crippen molar-refractivity contribution in [2.24, 2.45) is 17.8 Å². The monoisotopic (exact) mass is 295 g/mol. The molecule has 1 aromatic rings. The van der Waals surface area contributed by atoms with Gasteiger partial charge in [0.05, 0.1) is 0 Å². The SMILES string of the molecule is O=C(O)[C@H](NC(=O)[C@@H]1C[C@@H]1C1CC1)c1ccc(F)c(F)c1. The van der Waals surface area contributed by atoms with Gasteiger partial charge in [-0.3, -0.25) is 4.79 Å². The van der Waals surface area contributed by atoms with Gasteiger partial charge in [0.2, 0.25) is 5.91 Å². The molecular formula is C15H15F2NO3. The third kappa shape index (κ3) is 2.89. The summed E-state index contributed by atoms with van der Waals surface area (Å²) in [7, 11) is 0. The molecule has 0 aromatic heterocycles. The van der Waals surface area contributed by atoms with Gasteiger partial charge in [-0.15, -0.1) is 0 Å². The molecule has 1 amide bonds. The number of carbonyl (C=O) groups is 2. The van der Waals surface area contributed by atoms with Gasteiger partial charge < -0.3 is 10.4 Å². The van der Waals surface area contributed by atoms with Gasteiger partial charge in [0.15, 0.2) is 17.7 Å². The fourth-order valence-corrected chi connectivity index (χ4v) is 2.79. The number of nitrogens with one attached hydrogen (secondary N) is 1. The molecule has 4 nitrogen and oxygen atoms in total. The quantitative estimate of drug-likeness (QED) is 0.875. The Morgan fingerprint density at radius 2 is 1.95 bits per heavy atom. The summed E-state index contributed by atoms with van der Waals surface area (Å²) in [6, 6.07) is 1.48. The minimum absolute atomic E-state index is 0.0263. The molecule has 112 valence electrons. The molecule has 3 atom stereocenters. The predicted molar refractivity (Wildman–Crippen MR) is 69.2 cm³/mol. The number of carbonyl (C=O) groups excluding carboxylic acids is 1. The van der Waals surface area contributed by atoms with E-state index in [9.17, 15) is 23.5 Å². The normalized spacial score (nSPS) is 25.2. The number of carboxylic acids is 1. The highest BCUT2D eigenvalue weighted by Crippen LogP contribution is 2.54. The summed E-state index contributed by atoms with van der Waals surface area (Å²) in [5.74, 6) is -2.95. The van der Waals surface area contributed by atoms with E-state index in [2.05, 4.69) is 5.32 Å². The highest BCUT2D eigenvalue weighted by Gasteiger charge is 2.51. The number of hydrogen-bond acceptors (Lipinski definition) is 2. The van der Waals surface area contributed by atoms with Gasteiger partial charge in [-0.05, 0) is 48.8 Å². The zero-order valence-corrected chi connectivity index (χ0v) is 11.2. The van der Waals surface area contributed by atoms with Crippen LogP contribution in [-0.2, 0) is 9.59 Å². The second-order valence-corrected chi connectivity index (χ2v) is 5.80. The number of amides is 1. The van der Waals surface area contributed by atoms with Gasteiger partial charge in [-0.2, -0.15) is 0 Å². The van der Waals surface area contributed by atoms with Crippen LogP contribution in [0, 0.1) is 29.4 Å². The standard InChI is InChI=1S/C15H15F2NO3/c16-11-4-3-8(5-12(11)17)13(15(20)21)18-14(19)10-6-9(10)7-1-2-7/h3-5,7,9-10,13H,1-2,6H2,(H,18,19)(H,20,21)/t9-,10-,13-/m1/s1. The van der Waals surface area contributed by atoms with E-state index < -0.39 is 23.6 Å². The van der Waals surface area contributed by atoms with Crippen molar-refractivity contribution in [1.29, 1.82) is 0 Å². The maximum absolute atomic E-state index is 13.2. The van der Waals surface area contributed by atoms with Crippen LogP contribution in [0.5, 0.6) is 0 Å². The zero-order chi connectivity index (χ0) is 15.1. The third-order valence-corrected chi connectivity index (χ3v) is 4.21. The van der Waals surface area contributed by atoms with Gasteiger partial charge >= 0.3 is 5.97 Å². The predicted octanol–water partition coefficient (Wildman–Crippen LogP) is 2.25. The number of hydrogen-bond donors (Lipinski definition) is 2. The fraction of sp³-hybridized carbons (Fsp3) is 0.467. The van der Waals surface area contributed by atoms with Gasteiger partial charge in [0, 0.05) is 5.92 Å². The van der Waals surface area contributed by atoms with Crippen LogP contribution >= 0.6 is 0 Å². The van der Waals surface area contributed by atoms with Gasteiger partial charge in [0.25, 0.3) is 0 Å². The molecule has 0 unspecified atom stereocenters. The largest absolute Gasteiger partial charge is 0.479 e. The van der Waals surface area contributed by atoms with Crippen LogP contribution in [0.15, 0.2) is 18.2 Å². The third-order valence-electron chi connectivity index (χ3n) is 4.21. The van der Waals surface area contributed by atoms with Crippen LogP contribution in [0.25, 0.3) is 0 Å². The van der Waals surface area contributed by atoms with Crippen LogP contribution in [0.2, 0.25) is 0 Å². The molecule has 2 saturated carbocycles. The lowest BCUT2D eigenvalue weighted by molar-refractivity contribution is -0.142. The van der Waals surface area contributed by atoms with E-state index in [0.29, 0.717) is 11.8 Å². The summed E-state index contributed by atoms with van der Waals surface area (Å²) >= 11 is 0. The molecule has 21 heavy (non-hydrogen) atoms. The van der Waals surface area contributed by atoms with Crippen molar-refractivity contribution in [2.45, 2.75) is 25.3 Å². The highest BCUT2D eigenvalue weighted by atomic mass is 19.2. The average Bonchev–Trinajstić information content (AvgIpc) is 3.27. The second kappa shape index (κ2) is 5.09. The molecular weight excluding hydrogens is 280 g/mol. The molecule has 3 rings (SSSR count). The van der Waals surface area contributed by atoms with E-state index >= 15 is 0 Å². The topological polar surface area (TPSA) is 66.4 Å². The smallest absolute Gasteiger partial charge is 0.330 e. The van der Waals surface area contributed by atoms with E-state index in [0.717, 1.165) is 31.4 Å². The van der Waals surface area contributed by atoms with Gasteiger partial charge in [-0.1, -0.05) is 6.07 Å². The first-order chi connectivity index (χ1) is 9.97. The Morgan fingerprint density at radius 1 is 1.24 bits per heavy atom. The van der Waals surface area contributed by atoms with E-state index in [1.165, 1.54) is 6.07 Å². The summed E-state index contributed by atoms with van der Waals surface area (Å²) in [6.07, 6.45) is 3.07. The Bertz CT molecular complexity index is 601. The number of rotatable bonds is 5. The molecule has 0 saturated heterocycles. The van der Waals surface area contributed by atoms with E-state index in [1.807, 2.05) is 0 Å². The number of benzene rings is 1. The molecule has 2 aliphatic rings. The van der Waals surface area contributed by atoms with E-state index in [-0.39, 0.29) is 17.4 Å². The van der Waals surface area contributed by atoms with Crippen molar-refractivity contribution in [3.05, 3.63) is 35.4 Å². The first-order valence-corrected chi connectivity index (χ1v) is 6.95. The average molecular weight is 295 g/mol. The lowest BCUT2D eigenvalue weighted by atomic mass is 10.1. The lowest BCUT2D eigenvalue weighted by Gasteiger charge is -2.15. The van der Waals surface area contributed by atoms with Gasteiger partial charge in [0.1, 0.15) is 0 Å². The molecule has 1 aromatic carbocycles. The maximum atomic E-state index is 13.2. The highest BCUT2D eigenvalue weighted by molar-refractivity contribution is 5.87. The number of carboxylic acid groups (broad SMARTS) is 1. The van der Waals surface area contributed by atoms with Gasteiger partial charge in [-0.25, -0.2) is 13.6 Å². The molecule has 2 N–H and O–H groups in total. The van der Waals surface area contributed by atoms with Crippen molar-refractivity contribution in [3.63, 3.8) is 0 Å². The molecule has 0 spiro atoms. The van der Waals surface area contributed by atoms with Crippen molar-refractivity contribution >= 4 is 11.9 Å².